The average molecular weight is 281 g/mol. The molecule has 1 saturated heterocycles. The van der Waals surface area contributed by atoms with Crippen LogP contribution in [-0.4, -0.2) is 59.0 Å². The van der Waals surface area contributed by atoms with Gasteiger partial charge in [-0.3, -0.25) is 10.2 Å². The average Bonchev–Trinajstić information content (AvgIpc) is 2.61. The molecule has 3 N–H and O–H groups in total. The first kappa shape index (κ1) is 14.3. The van der Waals surface area contributed by atoms with Crippen molar-refractivity contribution in [3.8, 4) is 6.01 Å². The van der Waals surface area contributed by atoms with E-state index < -0.39 is 0 Å². The molecule has 0 bridgehead atoms. The molecule has 1 amide bonds. The van der Waals surface area contributed by atoms with Gasteiger partial charge in [-0.1, -0.05) is 0 Å². The van der Waals surface area contributed by atoms with Crippen LogP contribution in [0.4, 0.5) is 11.9 Å². The van der Waals surface area contributed by atoms with Gasteiger partial charge in [0, 0.05) is 20.1 Å². The van der Waals surface area contributed by atoms with Crippen LogP contribution in [0.25, 0.3) is 0 Å². The summed E-state index contributed by atoms with van der Waals surface area (Å²) in [7, 11) is 1.79. The summed E-state index contributed by atoms with van der Waals surface area (Å²) < 4.78 is 5.28. The van der Waals surface area contributed by atoms with E-state index in [9.17, 15) is 4.79 Å². The standard InChI is InChI=1S/C11H19N7O2/c1-3-20-11-14-9(16-12)13-10(15-11)18-6-4-5-17(2)8(19)7-18/h3-7,12H2,1-2H3,(H,13,14,15,16). The highest BCUT2D eigenvalue weighted by Crippen LogP contribution is 2.16. The molecule has 0 saturated carbocycles. The summed E-state index contributed by atoms with van der Waals surface area (Å²) in [5, 5.41) is 0. The zero-order valence-electron chi connectivity index (χ0n) is 11.7. The number of likely N-dealkylation sites (N-methyl/N-ethyl adjacent to an activating group) is 1. The number of nitrogen functional groups attached to an aromatic ring is 1. The molecule has 0 aliphatic carbocycles. The van der Waals surface area contributed by atoms with Gasteiger partial charge in [0.25, 0.3) is 0 Å². The van der Waals surface area contributed by atoms with E-state index in [1.807, 2.05) is 6.92 Å². The maximum Gasteiger partial charge on any atom is 0.323 e. The lowest BCUT2D eigenvalue weighted by molar-refractivity contribution is -0.127. The Kier molecular flexibility index (Phi) is 4.51. The van der Waals surface area contributed by atoms with Gasteiger partial charge < -0.3 is 14.5 Å². The largest absolute Gasteiger partial charge is 0.464 e. The lowest BCUT2D eigenvalue weighted by Gasteiger charge is -2.20. The third-order valence-corrected chi connectivity index (χ3v) is 2.96. The maximum atomic E-state index is 11.9. The van der Waals surface area contributed by atoms with E-state index in [1.54, 1.807) is 16.8 Å². The third-order valence-electron chi connectivity index (χ3n) is 2.96. The topological polar surface area (TPSA) is 109 Å². The van der Waals surface area contributed by atoms with Crippen molar-refractivity contribution < 1.29 is 9.53 Å². The Morgan fingerprint density at radius 2 is 2.15 bits per heavy atom. The van der Waals surface area contributed by atoms with Gasteiger partial charge in [-0.15, -0.1) is 0 Å². The number of anilines is 2. The molecule has 2 rings (SSSR count). The SMILES string of the molecule is CCOc1nc(NN)nc(N2CCCN(C)C(=O)C2)n1. The first-order valence-electron chi connectivity index (χ1n) is 6.48. The number of rotatable bonds is 4. The second kappa shape index (κ2) is 6.33. The van der Waals surface area contributed by atoms with Crippen LogP contribution in [0, 0.1) is 0 Å². The van der Waals surface area contributed by atoms with Crippen molar-refractivity contribution in [2.24, 2.45) is 5.84 Å². The summed E-state index contributed by atoms with van der Waals surface area (Å²) in [4.78, 5) is 27.8. The van der Waals surface area contributed by atoms with Gasteiger partial charge in [-0.2, -0.15) is 15.0 Å². The number of hydrazine groups is 1. The molecule has 0 radical (unpaired) electrons. The fourth-order valence-corrected chi connectivity index (χ4v) is 1.90. The molecule has 9 heteroatoms. The minimum Gasteiger partial charge on any atom is -0.464 e. The van der Waals surface area contributed by atoms with Crippen molar-refractivity contribution in [1.82, 2.24) is 19.9 Å². The number of nitrogens with two attached hydrogens (primary N) is 1. The predicted octanol–water partition coefficient (Wildman–Crippen LogP) is -0.776. The van der Waals surface area contributed by atoms with Crippen LogP contribution in [0.15, 0.2) is 0 Å². The fourth-order valence-electron chi connectivity index (χ4n) is 1.90. The molecule has 2 heterocycles. The van der Waals surface area contributed by atoms with Crippen LogP contribution in [0.2, 0.25) is 0 Å². The summed E-state index contributed by atoms with van der Waals surface area (Å²) in [6.07, 6.45) is 0.850. The van der Waals surface area contributed by atoms with Crippen molar-refractivity contribution in [2.45, 2.75) is 13.3 Å². The highest BCUT2D eigenvalue weighted by molar-refractivity contribution is 5.81. The van der Waals surface area contributed by atoms with E-state index in [-0.39, 0.29) is 24.4 Å². The third kappa shape index (κ3) is 3.23. The van der Waals surface area contributed by atoms with Gasteiger partial charge >= 0.3 is 6.01 Å². The monoisotopic (exact) mass is 281 g/mol. The van der Waals surface area contributed by atoms with Crippen LogP contribution in [0.5, 0.6) is 6.01 Å². The van der Waals surface area contributed by atoms with Gasteiger partial charge in [0.05, 0.1) is 13.2 Å². The lowest BCUT2D eigenvalue weighted by Crippen LogP contribution is -2.35. The van der Waals surface area contributed by atoms with E-state index >= 15 is 0 Å². The number of aromatic nitrogens is 3. The molecule has 1 aliphatic heterocycles. The normalized spacial score (nSPS) is 16.1. The minimum absolute atomic E-state index is 0.0307. The van der Waals surface area contributed by atoms with Gasteiger partial charge in [-0.05, 0) is 13.3 Å². The molecular weight excluding hydrogens is 262 g/mol. The summed E-state index contributed by atoms with van der Waals surface area (Å²) in [5.41, 5.74) is 2.38. The molecule has 0 unspecified atom stereocenters. The molecular formula is C11H19N7O2. The van der Waals surface area contributed by atoms with Crippen LogP contribution >= 0.6 is 0 Å². The van der Waals surface area contributed by atoms with Gasteiger partial charge in [-0.25, -0.2) is 5.84 Å². The Hall–Kier alpha value is -2.16. The number of nitrogens with zero attached hydrogens (tertiary/aromatic N) is 5. The van der Waals surface area contributed by atoms with Crippen molar-refractivity contribution in [1.29, 1.82) is 0 Å². The fraction of sp³-hybridized carbons (Fsp3) is 0.636. The molecule has 1 aliphatic rings. The Morgan fingerprint density at radius 1 is 1.35 bits per heavy atom. The number of ether oxygens (including phenoxy) is 1. The molecule has 20 heavy (non-hydrogen) atoms. The molecule has 1 aromatic rings. The molecule has 0 spiro atoms. The zero-order chi connectivity index (χ0) is 14.5. The number of carbonyl (C=O) groups is 1. The van der Waals surface area contributed by atoms with E-state index in [1.165, 1.54) is 0 Å². The number of carbonyl (C=O) groups excluding carboxylic acids is 1. The smallest absolute Gasteiger partial charge is 0.323 e. The first-order valence-corrected chi connectivity index (χ1v) is 6.48. The first-order chi connectivity index (χ1) is 9.63. The van der Waals surface area contributed by atoms with E-state index in [0.29, 0.717) is 19.1 Å². The van der Waals surface area contributed by atoms with Crippen LogP contribution in [-0.2, 0) is 4.79 Å². The second-order valence-corrected chi connectivity index (χ2v) is 4.41. The number of amides is 1. The lowest BCUT2D eigenvalue weighted by atomic mass is 10.4. The summed E-state index contributed by atoms with van der Waals surface area (Å²) in [5.74, 6) is 5.97. The molecule has 1 aromatic heterocycles. The number of hydrogen-bond donors (Lipinski definition) is 2. The van der Waals surface area contributed by atoms with E-state index in [0.717, 1.165) is 13.0 Å². The Labute approximate surface area is 117 Å². The van der Waals surface area contributed by atoms with Crippen molar-refractivity contribution in [3.63, 3.8) is 0 Å². The summed E-state index contributed by atoms with van der Waals surface area (Å²) >= 11 is 0. The van der Waals surface area contributed by atoms with Gasteiger partial charge in [0.2, 0.25) is 17.8 Å². The Bertz CT molecular complexity index is 482. The Morgan fingerprint density at radius 3 is 2.85 bits per heavy atom. The minimum atomic E-state index is 0.0307. The number of hydrogen-bond acceptors (Lipinski definition) is 8. The van der Waals surface area contributed by atoms with Gasteiger partial charge in [0.1, 0.15) is 0 Å². The van der Waals surface area contributed by atoms with Crippen molar-refractivity contribution in [3.05, 3.63) is 0 Å². The molecule has 1 fully saturated rings. The quantitative estimate of drug-likeness (QED) is 0.546. The highest BCUT2D eigenvalue weighted by Gasteiger charge is 2.22. The summed E-state index contributed by atoms with van der Waals surface area (Å²) in [6, 6.07) is 0.190. The highest BCUT2D eigenvalue weighted by atomic mass is 16.5. The Balaban J connectivity index is 2.25. The molecule has 0 aromatic carbocycles. The maximum absolute atomic E-state index is 11.9. The molecule has 9 nitrogen and oxygen atoms in total. The van der Waals surface area contributed by atoms with Crippen molar-refractivity contribution in [2.75, 3.05) is 43.6 Å². The summed E-state index contributed by atoms with van der Waals surface area (Å²) in [6.45, 7) is 3.92. The zero-order valence-corrected chi connectivity index (χ0v) is 11.7. The second-order valence-electron chi connectivity index (χ2n) is 4.41. The molecule has 0 atom stereocenters. The van der Waals surface area contributed by atoms with Crippen molar-refractivity contribution >= 4 is 17.8 Å². The van der Waals surface area contributed by atoms with E-state index in [4.69, 9.17) is 10.6 Å². The number of nitrogens with one attached hydrogen (secondary N) is 1. The predicted molar refractivity (Wildman–Crippen MR) is 73.3 cm³/mol. The van der Waals surface area contributed by atoms with Gasteiger partial charge in [0.15, 0.2) is 0 Å². The van der Waals surface area contributed by atoms with Crippen LogP contribution < -0.4 is 20.9 Å². The molecule has 110 valence electrons. The van der Waals surface area contributed by atoms with Crippen LogP contribution in [0.3, 0.4) is 0 Å². The van der Waals surface area contributed by atoms with Crippen LogP contribution in [0.1, 0.15) is 13.3 Å². The van der Waals surface area contributed by atoms with E-state index in [2.05, 4.69) is 20.4 Å².